The number of aromatic nitrogens is 3. The molecule has 2 aromatic carbocycles. The van der Waals surface area contributed by atoms with Crippen LogP contribution in [0.25, 0.3) is 11.0 Å². The lowest BCUT2D eigenvalue weighted by molar-refractivity contribution is 0.145. The molecule has 3 N–H and O–H groups in total. The highest BCUT2D eigenvalue weighted by atomic mass is 32.2. The Morgan fingerprint density at radius 2 is 1.92 bits per heavy atom. The largest absolute Gasteiger partial charge is 0.492 e. The molecular formula is C28H34N6O2S. The van der Waals surface area contributed by atoms with Crippen LogP contribution in [-0.2, 0) is 13.6 Å². The average Bonchev–Trinajstić information content (AvgIpc) is 3.29. The zero-order valence-corrected chi connectivity index (χ0v) is 22.4. The summed E-state index contributed by atoms with van der Waals surface area (Å²) >= 11 is 1.74. The molecule has 0 saturated carbocycles. The van der Waals surface area contributed by atoms with Crippen molar-refractivity contribution >= 4 is 45.9 Å². The number of anilines is 4. The van der Waals surface area contributed by atoms with E-state index in [0.29, 0.717) is 19.1 Å². The Balaban J connectivity index is 1.42. The van der Waals surface area contributed by atoms with E-state index in [-0.39, 0.29) is 6.10 Å². The molecule has 8 nitrogen and oxygen atoms in total. The summed E-state index contributed by atoms with van der Waals surface area (Å²) < 4.78 is 8.04. The van der Waals surface area contributed by atoms with E-state index in [1.165, 1.54) is 10.5 Å². The minimum Gasteiger partial charge on any atom is -0.492 e. The van der Waals surface area contributed by atoms with Crippen LogP contribution in [0.15, 0.2) is 59.6 Å². The molecule has 1 aliphatic heterocycles. The highest BCUT2D eigenvalue weighted by Gasteiger charge is 2.19. The highest BCUT2D eigenvalue weighted by Crippen LogP contribution is 2.34. The van der Waals surface area contributed by atoms with Gasteiger partial charge in [0, 0.05) is 49.5 Å². The Bertz CT molecular complexity index is 1370. The van der Waals surface area contributed by atoms with Crippen LogP contribution < -0.4 is 20.3 Å². The molecule has 37 heavy (non-hydrogen) atoms. The fraction of sp³-hybridized carbons (Fsp3) is 0.357. The van der Waals surface area contributed by atoms with Gasteiger partial charge in [0.05, 0.1) is 23.9 Å². The molecule has 0 spiro atoms. The van der Waals surface area contributed by atoms with Gasteiger partial charge in [-0.25, -0.2) is 4.98 Å². The van der Waals surface area contributed by atoms with E-state index < -0.39 is 0 Å². The summed E-state index contributed by atoms with van der Waals surface area (Å²) in [7, 11) is 2.01. The Morgan fingerprint density at radius 1 is 1.11 bits per heavy atom. The molecular weight excluding hydrogens is 484 g/mol. The van der Waals surface area contributed by atoms with E-state index in [1.54, 1.807) is 11.8 Å². The standard InChI is InChI=1S/C28H34N6O2S/c1-4-36-24-17-20(34-15-11-21(35)12-16-34)9-10-22(24)30-28-31-23-13-14-33(2)26(23)27(32-28)29-18-19-7-5-6-8-25(19)37-3/h5-10,13-14,17,21,35H,4,11-12,15-16,18H2,1-3H3,(H2,29,30,31,32). The topological polar surface area (TPSA) is 87.5 Å². The molecule has 5 rings (SSSR count). The van der Waals surface area contributed by atoms with Gasteiger partial charge < -0.3 is 29.9 Å². The lowest BCUT2D eigenvalue weighted by Crippen LogP contribution is -2.35. The highest BCUT2D eigenvalue weighted by molar-refractivity contribution is 7.98. The van der Waals surface area contributed by atoms with Gasteiger partial charge in [-0.15, -0.1) is 11.8 Å². The molecule has 0 bridgehead atoms. The molecule has 0 amide bonds. The van der Waals surface area contributed by atoms with E-state index >= 15 is 0 Å². The number of hydrogen-bond donors (Lipinski definition) is 3. The number of rotatable bonds is 9. The molecule has 194 valence electrons. The molecule has 1 aliphatic rings. The first-order valence-electron chi connectivity index (χ1n) is 12.7. The van der Waals surface area contributed by atoms with E-state index in [4.69, 9.17) is 14.7 Å². The van der Waals surface area contributed by atoms with Gasteiger partial charge in [0.1, 0.15) is 11.3 Å². The fourth-order valence-electron chi connectivity index (χ4n) is 4.73. The normalized spacial score (nSPS) is 14.2. The van der Waals surface area contributed by atoms with Crippen LogP contribution in [0, 0.1) is 0 Å². The number of thioether (sulfide) groups is 1. The Kier molecular flexibility index (Phi) is 7.71. The molecule has 2 aromatic heterocycles. The first kappa shape index (κ1) is 25.2. The van der Waals surface area contributed by atoms with Crippen LogP contribution in [0.2, 0.25) is 0 Å². The van der Waals surface area contributed by atoms with Crippen molar-refractivity contribution in [3.8, 4) is 5.75 Å². The first-order chi connectivity index (χ1) is 18.1. The van der Waals surface area contributed by atoms with Crippen molar-refractivity contribution in [2.24, 2.45) is 7.05 Å². The second-order valence-electron chi connectivity index (χ2n) is 9.18. The Morgan fingerprint density at radius 3 is 2.70 bits per heavy atom. The van der Waals surface area contributed by atoms with E-state index in [0.717, 1.165) is 59.9 Å². The van der Waals surface area contributed by atoms with Crippen LogP contribution in [0.5, 0.6) is 5.75 Å². The summed E-state index contributed by atoms with van der Waals surface area (Å²) in [6, 6.07) is 16.6. The van der Waals surface area contributed by atoms with E-state index in [9.17, 15) is 5.11 Å². The molecule has 0 radical (unpaired) electrons. The summed E-state index contributed by atoms with van der Waals surface area (Å²) in [5.41, 5.74) is 4.96. The maximum absolute atomic E-state index is 9.87. The summed E-state index contributed by atoms with van der Waals surface area (Å²) in [4.78, 5) is 13.2. The Hall–Kier alpha value is -3.43. The molecule has 9 heteroatoms. The second-order valence-corrected chi connectivity index (χ2v) is 10.0. The molecule has 4 aromatic rings. The van der Waals surface area contributed by atoms with Crippen LogP contribution >= 0.6 is 11.8 Å². The molecule has 3 heterocycles. The number of aliphatic hydroxyl groups excluding tert-OH is 1. The Labute approximate surface area is 222 Å². The third-order valence-electron chi connectivity index (χ3n) is 6.70. The molecule has 1 fully saturated rings. The number of nitrogens with zero attached hydrogens (tertiary/aromatic N) is 4. The number of benzene rings is 2. The van der Waals surface area contributed by atoms with Crippen molar-refractivity contribution in [2.75, 3.05) is 41.5 Å². The zero-order chi connectivity index (χ0) is 25.8. The second kappa shape index (κ2) is 11.3. The number of piperidine rings is 1. The van der Waals surface area contributed by atoms with Gasteiger partial charge in [-0.3, -0.25) is 0 Å². The summed E-state index contributed by atoms with van der Waals surface area (Å²) in [6.45, 7) is 4.87. The maximum Gasteiger partial charge on any atom is 0.229 e. The fourth-order valence-corrected chi connectivity index (χ4v) is 5.35. The summed E-state index contributed by atoms with van der Waals surface area (Å²) in [5.74, 6) is 2.04. The number of fused-ring (bicyclic) bond motifs is 1. The number of hydrogen-bond acceptors (Lipinski definition) is 8. The van der Waals surface area contributed by atoms with Crippen molar-refractivity contribution < 1.29 is 9.84 Å². The van der Waals surface area contributed by atoms with Crippen molar-refractivity contribution in [2.45, 2.75) is 37.3 Å². The van der Waals surface area contributed by atoms with Gasteiger partial charge in [0.25, 0.3) is 0 Å². The van der Waals surface area contributed by atoms with Crippen LogP contribution in [0.1, 0.15) is 25.3 Å². The van der Waals surface area contributed by atoms with E-state index in [1.807, 2.05) is 36.9 Å². The van der Waals surface area contributed by atoms with E-state index in [2.05, 4.69) is 58.2 Å². The summed E-state index contributed by atoms with van der Waals surface area (Å²) in [6.07, 6.45) is 5.46. The predicted molar refractivity (Wildman–Crippen MR) is 152 cm³/mol. The minimum atomic E-state index is -0.203. The number of aliphatic hydroxyl groups is 1. The molecule has 0 unspecified atom stereocenters. The molecule has 0 aliphatic carbocycles. The van der Waals surface area contributed by atoms with Crippen molar-refractivity contribution in [1.29, 1.82) is 0 Å². The van der Waals surface area contributed by atoms with Crippen LogP contribution in [-0.4, -0.2) is 51.7 Å². The number of ether oxygens (including phenoxy) is 1. The van der Waals surface area contributed by atoms with Gasteiger partial charge >= 0.3 is 0 Å². The van der Waals surface area contributed by atoms with Crippen molar-refractivity contribution in [1.82, 2.24) is 14.5 Å². The lowest BCUT2D eigenvalue weighted by Gasteiger charge is -2.32. The van der Waals surface area contributed by atoms with Gasteiger partial charge in [-0.05, 0) is 55.9 Å². The third kappa shape index (κ3) is 5.62. The smallest absolute Gasteiger partial charge is 0.229 e. The average molecular weight is 519 g/mol. The van der Waals surface area contributed by atoms with Crippen LogP contribution in [0.4, 0.5) is 23.1 Å². The predicted octanol–water partition coefficient (Wildman–Crippen LogP) is 5.41. The lowest BCUT2D eigenvalue weighted by atomic mass is 10.1. The number of aryl methyl sites for hydroxylation is 1. The molecule has 0 atom stereocenters. The maximum atomic E-state index is 9.87. The van der Waals surface area contributed by atoms with Gasteiger partial charge in [0.15, 0.2) is 5.82 Å². The van der Waals surface area contributed by atoms with Crippen LogP contribution in [0.3, 0.4) is 0 Å². The molecule has 1 saturated heterocycles. The first-order valence-corrected chi connectivity index (χ1v) is 13.9. The van der Waals surface area contributed by atoms with Crippen molar-refractivity contribution in [3.05, 3.63) is 60.3 Å². The van der Waals surface area contributed by atoms with Gasteiger partial charge in [0.2, 0.25) is 5.95 Å². The van der Waals surface area contributed by atoms with Crippen molar-refractivity contribution in [3.63, 3.8) is 0 Å². The zero-order valence-electron chi connectivity index (χ0n) is 21.6. The summed E-state index contributed by atoms with van der Waals surface area (Å²) in [5, 5.41) is 16.8. The van der Waals surface area contributed by atoms with Gasteiger partial charge in [-0.2, -0.15) is 4.98 Å². The minimum absolute atomic E-state index is 0.203. The monoisotopic (exact) mass is 518 g/mol. The van der Waals surface area contributed by atoms with Gasteiger partial charge in [-0.1, -0.05) is 18.2 Å². The quantitative estimate of drug-likeness (QED) is 0.254. The third-order valence-corrected chi connectivity index (χ3v) is 7.54. The SMILES string of the molecule is CCOc1cc(N2CCC(O)CC2)ccc1Nc1nc(NCc2ccccc2SC)c2c(ccn2C)n1. The number of nitrogens with one attached hydrogen (secondary N) is 2.